The lowest BCUT2D eigenvalue weighted by molar-refractivity contribution is -0.140. The predicted molar refractivity (Wildman–Crippen MR) is 127 cm³/mol. The van der Waals surface area contributed by atoms with Crippen molar-refractivity contribution >= 4 is 5.97 Å². The highest BCUT2D eigenvalue weighted by molar-refractivity contribution is 5.75. The number of ether oxygens (including phenoxy) is 2. The van der Waals surface area contributed by atoms with Crippen LogP contribution in [0.3, 0.4) is 0 Å². The maximum absolute atomic E-state index is 14.4. The Morgan fingerprint density at radius 1 is 1.03 bits per heavy atom. The number of halogens is 3. The molecule has 34 heavy (non-hydrogen) atoms. The van der Waals surface area contributed by atoms with Crippen molar-refractivity contribution in [3.63, 3.8) is 0 Å². The van der Waals surface area contributed by atoms with E-state index in [9.17, 15) is 18.0 Å². The first-order chi connectivity index (χ1) is 16.3. The van der Waals surface area contributed by atoms with Crippen LogP contribution in [-0.2, 0) is 10.7 Å². The molecule has 0 aliphatic heterocycles. The van der Waals surface area contributed by atoms with E-state index >= 15 is 0 Å². The van der Waals surface area contributed by atoms with Gasteiger partial charge < -0.3 is 9.47 Å². The zero-order valence-electron chi connectivity index (χ0n) is 20.1. The molecule has 186 valence electrons. The Bertz CT molecular complexity index is 919. The van der Waals surface area contributed by atoms with Crippen molar-refractivity contribution in [1.29, 1.82) is 0 Å². The summed E-state index contributed by atoms with van der Waals surface area (Å²) in [5.74, 6) is -3.68. The van der Waals surface area contributed by atoms with E-state index in [0.29, 0.717) is 5.92 Å². The summed E-state index contributed by atoms with van der Waals surface area (Å²) in [5.41, 5.74) is 0.799. The number of benzene rings is 2. The lowest BCUT2D eigenvalue weighted by Crippen LogP contribution is -2.25. The third-order valence-corrected chi connectivity index (χ3v) is 6.67. The van der Waals surface area contributed by atoms with Crippen molar-refractivity contribution < 1.29 is 27.4 Å². The summed E-state index contributed by atoms with van der Waals surface area (Å²) >= 11 is 0. The topological polar surface area (TPSA) is 35.5 Å². The van der Waals surface area contributed by atoms with Crippen LogP contribution in [-0.4, -0.2) is 12.6 Å². The minimum atomic E-state index is -3.07. The van der Waals surface area contributed by atoms with Crippen molar-refractivity contribution in [2.45, 2.75) is 77.6 Å². The average molecular weight is 477 g/mol. The van der Waals surface area contributed by atoms with Crippen molar-refractivity contribution in [2.24, 2.45) is 11.8 Å². The van der Waals surface area contributed by atoms with E-state index in [1.165, 1.54) is 49.9 Å². The van der Waals surface area contributed by atoms with Gasteiger partial charge in [-0.25, -0.2) is 13.2 Å². The quantitative estimate of drug-likeness (QED) is 0.187. The summed E-state index contributed by atoms with van der Waals surface area (Å²) in [6.07, 6.45) is 8.00. The van der Waals surface area contributed by atoms with E-state index in [1.807, 2.05) is 6.92 Å². The maximum atomic E-state index is 14.4. The molecule has 0 aromatic heterocycles. The normalized spacial score (nSPS) is 18.5. The van der Waals surface area contributed by atoms with Gasteiger partial charge in [-0.1, -0.05) is 62.4 Å². The van der Waals surface area contributed by atoms with Gasteiger partial charge in [-0.15, -0.1) is 0 Å². The van der Waals surface area contributed by atoms with Gasteiger partial charge in [0.25, 0.3) is 5.92 Å². The molecule has 0 N–H and O–H groups in total. The molecule has 6 heteroatoms. The first-order valence-corrected chi connectivity index (χ1v) is 12.4. The zero-order valence-corrected chi connectivity index (χ0v) is 20.1. The molecule has 0 unspecified atom stereocenters. The van der Waals surface area contributed by atoms with Crippen LogP contribution in [0.4, 0.5) is 13.2 Å². The second-order valence-electron chi connectivity index (χ2n) is 9.40. The predicted octanol–water partition coefficient (Wildman–Crippen LogP) is 7.99. The molecule has 1 aliphatic rings. The van der Waals surface area contributed by atoms with Gasteiger partial charge in [-0.2, -0.15) is 0 Å². The van der Waals surface area contributed by atoms with Gasteiger partial charge in [-0.05, 0) is 50.7 Å². The molecular weight excluding hydrogens is 441 g/mol. The molecule has 2 aromatic carbocycles. The molecule has 0 radical (unpaired) electrons. The SMILES string of the molecule is CCCCCC1CCC(C(=O)Oc2ccc(OCCC(F)(F)c3ccc(C)cc3)c(F)c2)CC1. The number of unbranched alkanes of at least 4 members (excludes halogenated alkanes) is 2. The minimum absolute atomic E-state index is 0.0978. The van der Waals surface area contributed by atoms with Crippen LogP contribution in [0.25, 0.3) is 0 Å². The van der Waals surface area contributed by atoms with Gasteiger partial charge in [-0.3, -0.25) is 4.79 Å². The monoisotopic (exact) mass is 476 g/mol. The van der Waals surface area contributed by atoms with Crippen LogP contribution < -0.4 is 9.47 Å². The maximum Gasteiger partial charge on any atom is 0.314 e. The lowest BCUT2D eigenvalue weighted by Gasteiger charge is -2.27. The Hall–Kier alpha value is -2.50. The van der Waals surface area contributed by atoms with E-state index < -0.39 is 18.2 Å². The van der Waals surface area contributed by atoms with Gasteiger partial charge in [0.05, 0.1) is 12.5 Å². The lowest BCUT2D eigenvalue weighted by atomic mass is 9.80. The van der Waals surface area contributed by atoms with Gasteiger partial charge >= 0.3 is 5.97 Å². The van der Waals surface area contributed by atoms with Crippen LogP contribution in [0.5, 0.6) is 11.5 Å². The van der Waals surface area contributed by atoms with Gasteiger partial charge in [0.1, 0.15) is 5.75 Å². The molecule has 1 saturated carbocycles. The highest BCUT2D eigenvalue weighted by atomic mass is 19.3. The number of carbonyl (C=O) groups excluding carboxylic acids is 1. The number of hydrogen-bond donors (Lipinski definition) is 0. The van der Waals surface area contributed by atoms with Gasteiger partial charge in [0.2, 0.25) is 0 Å². The molecule has 0 spiro atoms. The molecular formula is C28H35F3O3. The Labute approximate surface area is 200 Å². The van der Waals surface area contributed by atoms with Crippen molar-refractivity contribution in [3.8, 4) is 11.5 Å². The molecule has 1 aliphatic carbocycles. The van der Waals surface area contributed by atoms with Crippen molar-refractivity contribution in [1.82, 2.24) is 0 Å². The second kappa shape index (κ2) is 12.3. The summed E-state index contributed by atoms with van der Waals surface area (Å²) in [6.45, 7) is 3.67. The number of aryl methyl sites for hydroxylation is 1. The third-order valence-electron chi connectivity index (χ3n) is 6.67. The zero-order chi connectivity index (χ0) is 24.6. The average Bonchev–Trinajstić information content (AvgIpc) is 2.81. The molecule has 0 bridgehead atoms. The van der Waals surface area contributed by atoms with Crippen LogP contribution in [0.2, 0.25) is 0 Å². The Morgan fingerprint density at radius 2 is 1.74 bits per heavy atom. The molecule has 3 rings (SSSR count). The Balaban J connectivity index is 1.45. The van der Waals surface area contributed by atoms with E-state index in [-0.39, 0.29) is 35.6 Å². The Kier molecular flexibility index (Phi) is 9.43. The number of rotatable bonds is 11. The van der Waals surface area contributed by atoms with E-state index in [4.69, 9.17) is 9.47 Å². The van der Waals surface area contributed by atoms with Crippen LogP contribution in [0.1, 0.15) is 75.8 Å². The fourth-order valence-corrected chi connectivity index (χ4v) is 4.46. The van der Waals surface area contributed by atoms with E-state index in [0.717, 1.165) is 37.3 Å². The van der Waals surface area contributed by atoms with Crippen molar-refractivity contribution in [2.75, 3.05) is 6.61 Å². The third kappa shape index (κ3) is 7.51. The first kappa shape index (κ1) is 26.1. The highest BCUT2D eigenvalue weighted by Crippen LogP contribution is 2.34. The minimum Gasteiger partial charge on any atom is -0.490 e. The largest absolute Gasteiger partial charge is 0.490 e. The summed E-state index contributed by atoms with van der Waals surface area (Å²) in [5, 5.41) is 0. The standard InChI is InChI=1S/C28H35F3O3/c1-3-4-5-6-21-9-11-22(12-10-21)27(32)34-24-15-16-26(25(29)19-24)33-18-17-28(30,31)23-13-7-20(2)8-14-23/h7-8,13-16,19,21-22H,3-6,9-12,17-18H2,1-2H3. The molecule has 3 nitrogen and oxygen atoms in total. The molecule has 2 aromatic rings. The van der Waals surface area contributed by atoms with Crippen molar-refractivity contribution in [3.05, 3.63) is 59.4 Å². The summed E-state index contributed by atoms with van der Waals surface area (Å²) < 4.78 is 53.8. The second-order valence-corrected chi connectivity index (χ2v) is 9.40. The highest BCUT2D eigenvalue weighted by Gasteiger charge is 2.31. The first-order valence-electron chi connectivity index (χ1n) is 12.4. The van der Waals surface area contributed by atoms with Crippen LogP contribution in [0.15, 0.2) is 42.5 Å². The summed E-state index contributed by atoms with van der Waals surface area (Å²) in [6, 6.07) is 9.85. The number of hydrogen-bond acceptors (Lipinski definition) is 3. The Morgan fingerprint density at radius 3 is 2.38 bits per heavy atom. The molecule has 0 saturated heterocycles. The van der Waals surface area contributed by atoms with E-state index in [1.54, 1.807) is 12.1 Å². The molecule has 0 amide bonds. The van der Waals surface area contributed by atoms with Crippen LogP contribution >= 0.6 is 0 Å². The molecule has 0 atom stereocenters. The van der Waals surface area contributed by atoms with Gasteiger partial charge in [0.15, 0.2) is 11.6 Å². The fourth-order valence-electron chi connectivity index (χ4n) is 4.46. The van der Waals surface area contributed by atoms with E-state index in [2.05, 4.69) is 6.92 Å². The summed E-state index contributed by atoms with van der Waals surface area (Å²) in [4.78, 5) is 12.5. The molecule has 0 heterocycles. The summed E-state index contributed by atoms with van der Waals surface area (Å²) in [7, 11) is 0. The number of esters is 1. The number of carbonyl (C=O) groups is 1. The smallest absolute Gasteiger partial charge is 0.314 e. The molecule has 1 fully saturated rings. The van der Waals surface area contributed by atoms with Gasteiger partial charge in [0, 0.05) is 18.1 Å². The fraction of sp³-hybridized carbons (Fsp3) is 0.536. The number of alkyl halides is 2. The van der Waals surface area contributed by atoms with Crippen LogP contribution in [0, 0.1) is 24.6 Å².